The summed E-state index contributed by atoms with van der Waals surface area (Å²) in [5.41, 5.74) is 14.2. The summed E-state index contributed by atoms with van der Waals surface area (Å²) in [5.74, 6) is 0. The number of hydrogen-bond acceptors (Lipinski definition) is 5. The fraction of sp³-hybridized carbons (Fsp3) is 0. The number of hydrogen-bond donors (Lipinski definition) is 4. The highest BCUT2D eigenvalue weighted by Crippen LogP contribution is 2.37. The van der Waals surface area contributed by atoms with Gasteiger partial charge in [0.25, 0.3) is 0 Å². The molecule has 19 heavy (non-hydrogen) atoms. The van der Waals surface area contributed by atoms with Crippen molar-refractivity contribution in [3.05, 3.63) is 35.4 Å². The SMILES string of the molecule is N#Cc1c(N)c2cnc3[nH]ccc3cc(=N)c-2c1N. The average Bonchev–Trinajstić information content (AvgIpc) is 2.87. The maximum absolute atomic E-state index is 9.07. The molecule has 1 aliphatic heterocycles. The van der Waals surface area contributed by atoms with Crippen LogP contribution < -0.4 is 16.8 Å². The third-order valence-electron chi connectivity index (χ3n) is 3.13. The van der Waals surface area contributed by atoms with Crippen LogP contribution in [0.15, 0.2) is 24.5 Å². The van der Waals surface area contributed by atoms with E-state index < -0.39 is 0 Å². The number of nitrogen functional groups attached to an aromatic ring is 2. The summed E-state index contributed by atoms with van der Waals surface area (Å²) in [7, 11) is 0. The predicted molar refractivity (Wildman–Crippen MR) is 72.1 cm³/mol. The van der Waals surface area contributed by atoms with E-state index >= 15 is 0 Å². The van der Waals surface area contributed by atoms with Gasteiger partial charge in [-0.1, -0.05) is 0 Å². The number of rotatable bonds is 0. The van der Waals surface area contributed by atoms with E-state index in [4.69, 9.17) is 22.1 Å². The molecule has 0 spiro atoms. The lowest BCUT2D eigenvalue weighted by atomic mass is 10.1. The van der Waals surface area contributed by atoms with Crippen LogP contribution in [0.2, 0.25) is 0 Å². The Balaban J connectivity index is 2.58. The molecule has 2 heterocycles. The minimum absolute atomic E-state index is 0.208. The van der Waals surface area contributed by atoms with Gasteiger partial charge in [0.2, 0.25) is 0 Å². The van der Waals surface area contributed by atoms with Gasteiger partial charge < -0.3 is 21.9 Å². The van der Waals surface area contributed by atoms with Crippen molar-refractivity contribution < 1.29 is 0 Å². The van der Waals surface area contributed by atoms with Gasteiger partial charge in [0.1, 0.15) is 11.7 Å². The first-order chi connectivity index (χ1) is 9.13. The molecule has 0 unspecified atom stereocenters. The van der Waals surface area contributed by atoms with Gasteiger partial charge in [-0.25, -0.2) is 4.98 Å². The number of aromatic nitrogens is 2. The van der Waals surface area contributed by atoms with Crippen molar-refractivity contribution >= 4 is 22.4 Å². The standard InChI is InChI=1S/C13H10N6/c14-4-7-11(16)8-5-19-13-6(1-2-18-13)3-9(15)10(8)12(7)17/h1-3,5,15H,16-17H2,(H,18,19). The molecule has 0 saturated heterocycles. The number of nitriles is 1. The van der Waals surface area contributed by atoms with Crippen molar-refractivity contribution in [2.75, 3.05) is 11.5 Å². The molecule has 0 saturated carbocycles. The van der Waals surface area contributed by atoms with Crippen molar-refractivity contribution in [3.63, 3.8) is 0 Å². The molecule has 1 aromatic rings. The topological polar surface area (TPSA) is 128 Å². The first-order valence-corrected chi connectivity index (χ1v) is 5.56. The van der Waals surface area contributed by atoms with E-state index in [9.17, 15) is 0 Å². The summed E-state index contributed by atoms with van der Waals surface area (Å²) >= 11 is 0. The molecule has 6 nitrogen and oxygen atoms in total. The highest BCUT2D eigenvalue weighted by molar-refractivity contribution is 5.96. The van der Waals surface area contributed by atoms with Crippen molar-refractivity contribution in [1.29, 1.82) is 10.7 Å². The lowest BCUT2D eigenvalue weighted by Gasteiger charge is -1.98. The minimum Gasteiger partial charge on any atom is -0.397 e. The number of nitrogens with zero attached hydrogens (tertiary/aromatic N) is 2. The lowest BCUT2D eigenvalue weighted by molar-refractivity contribution is 1.28. The Kier molecular flexibility index (Phi) is 2.16. The van der Waals surface area contributed by atoms with Crippen LogP contribution in [-0.4, -0.2) is 9.97 Å². The Labute approximate surface area is 108 Å². The second-order valence-electron chi connectivity index (χ2n) is 4.20. The highest BCUT2D eigenvalue weighted by atomic mass is 14.8. The molecule has 6 N–H and O–H groups in total. The van der Waals surface area contributed by atoms with Crippen molar-refractivity contribution in [3.8, 4) is 17.2 Å². The van der Waals surface area contributed by atoms with E-state index in [1.807, 2.05) is 12.1 Å². The second-order valence-corrected chi connectivity index (χ2v) is 4.20. The third-order valence-corrected chi connectivity index (χ3v) is 3.13. The molecule has 6 heteroatoms. The Morgan fingerprint density at radius 3 is 2.84 bits per heavy atom. The van der Waals surface area contributed by atoms with E-state index in [1.165, 1.54) is 0 Å². The van der Waals surface area contributed by atoms with Gasteiger partial charge in [0, 0.05) is 28.9 Å². The van der Waals surface area contributed by atoms with Gasteiger partial charge in [-0.15, -0.1) is 0 Å². The fourth-order valence-electron chi connectivity index (χ4n) is 2.19. The van der Waals surface area contributed by atoms with Crippen LogP contribution in [0.25, 0.3) is 22.2 Å². The Morgan fingerprint density at radius 1 is 1.32 bits per heavy atom. The zero-order valence-corrected chi connectivity index (χ0v) is 9.86. The van der Waals surface area contributed by atoms with E-state index in [0.29, 0.717) is 16.8 Å². The molecule has 0 amide bonds. The molecule has 92 valence electrons. The molecule has 0 radical (unpaired) electrons. The predicted octanol–water partition coefficient (Wildman–Crippen LogP) is 1.18. The highest BCUT2D eigenvalue weighted by Gasteiger charge is 2.20. The van der Waals surface area contributed by atoms with Crippen molar-refractivity contribution in [1.82, 2.24) is 9.97 Å². The molecule has 3 rings (SSSR count). The number of nitrogens with one attached hydrogen (secondary N) is 2. The summed E-state index contributed by atoms with van der Waals surface area (Å²) in [6.07, 6.45) is 3.29. The molecule has 2 aliphatic rings. The van der Waals surface area contributed by atoms with Gasteiger partial charge in [0.15, 0.2) is 0 Å². The third kappa shape index (κ3) is 1.42. The summed E-state index contributed by atoms with van der Waals surface area (Å²) in [6.45, 7) is 0. The number of nitrogens with two attached hydrogens (primary N) is 2. The van der Waals surface area contributed by atoms with Crippen molar-refractivity contribution in [2.24, 2.45) is 0 Å². The maximum Gasteiger partial charge on any atom is 0.137 e. The quantitative estimate of drug-likeness (QED) is 0.477. The minimum atomic E-state index is 0.208. The lowest BCUT2D eigenvalue weighted by Crippen LogP contribution is -2.03. The number of fused-ring (bicyclic) bond motifs is 2. The number of H-pyrrole nitrogens is 1. The molecular weight excluding hydrogens is 240 g/mol. The second kappa shape index (κ2) is 3.71. The summed E-state index contributed by atoms with van der Waals surface area (Å²) < 4.78 is 0. The Bertz CT molecular complexity index is 871. The van der Waals surface area contributed by atoms with E-state index in [2.05, 4.69) is 9.97 Å². The molecule has 0 atom stereocenters. The van der Waals surface area contributed by atoms with Crippen LogP contribution in [0.5, 0.6) is 0 Å². The van der Waals surface area contributed by atoms with Crippen LogP contribution in [-0.2, 0) is 0 Å². The maximum atomic E-state index is 9.07. The first kappa shape index (κ1) is 11.0. The van der Waals surface area contributed by atoms with E-state index in [1.54, 1.807) is 18.5 Å². The molecular formula is C13H10N6. The van der Waals surface area contributed by atoms with Crippen LogP contribution in [0.4, 0.5) is 11.4 Å². The molecule has 0 fully saturated rings. The molecule has 1 aromatic heterocycles. The van der Waals surface area contributed by atoms with Gasteiger partial charge in [-0.2, -0.15) is 5.26 Å². The molecule has 0 bridgehead atoms. The molecule has 1 aliphatic carbocycles. The van der Waals surface area contributed by atoms with E-state index in [0.717, 1.165) is 5.39 Å². The summed E-state index contributed by atoms with van der Waals surface area (Å²) in [5, 5.41) is 18.2. The van der Waals surface area contributed by atoms with Crippen molar-refractivity contribution in [2.45, 2.75) is 0 Å². The van der Waals surface area contributed by atoms with Crippen LogP contribution in [0.1, 0.15) is 5.56 Å². The van der Waals surface area contributed by atoms with Gasteiger partial charge in [-0.05, 0) is 12.1 Å². The largest absolute Gasteiger partial charge is 0.397 e. The van der Waals surface area contributed by atoms with Crippen LogP contribution >= 0.6 is 0 Å². The summed E-state index contributed by atoms with van der Waals surface area (Å²) in [6, 6.07) is 5.44. The zero-order valence-electron chi connectivity index (χ0n) is 9.86. The number of aromatic amines is 1. The van der Waals surface area contributed by atoms with Gasteiger partial charge >= 0.3 is 0 Å². The smallest absolute Gasteiger partial charge is 0.137 e. The summed E-state index contributed by atoms with van der Waals surface area (Å²) in [4.78, 5) is 7.25. The monoisotopic (exact) mass is 250 g/mol. The van der Waals surface area contributed by atoms with Gasteiger partial charge in [0.05, 0.1) is 22.3 Å². The van der Waals surface area contributed by atoms with Crippen LogP contribution in [0, 0.1) is 16.7 Å². The molecule has 0 aromatic carbocycles. The Morgan fingerprint density at radius 2 is 2.11 bits per heavy atom. The normalized spacial score (nSPS) is 10.7. The Hall–Kier alpha value is -3.07. The average molecular weight is 250 g/mol. The first-order valence-electron chi connectivity index (χ1n) is 5.56. The number of anilines is 2. The van der Waals surface area contributed by atoms with Crippen LogP contribution in [0.3, 0.4) is 0 Å². The van der Waals surface area contributed by atoms with E-state index in [-0.39, 0.29) is 22.3 Å². The van der Waals surface area contributed by atoms with Gasteiger partial charge in [-0.3, -0.25) is 0 Å². The fourth-order valence-corrected chi connectivity index (χ4v) is 2.19. The zero-order chi connectivity index (χ0) is 13.6.